The van der Waals surface area contributed by atoms with Gasteiger partial charge < -0.3 is 10.3 Å². The highest BCUT2D eigenvalue weighted by atomic mass is 35.5. The minimum atomic E-state index is -0.182. The molecule has 3 heteroatoms. The molecule has 0 aliphatic heterocycles. The van der Waals surface area contributed by atoms with Crippen LogP contribution in [-0.2, 0) is 0 Å². The Kier molecular flexibility index (Phi) is 4.63. The average Bonchev–Trinajstić information content (AvgIpc) is 3.00. The van der Waals surface area contributed by atoms with Gasteiger partial charge in [0.25, 0.3) is 0 Å². The highest BCUT2D eigenvalue weighted by Crippen LogP contribution is 2.51. The second-order valence-corrected chi connectivity index (χ2v) is 7.83. The lowest BCUT2D eigenvalue weighted by molar-refractivity contribution is -0.653. The zero-order valence-electron chi connectivity index (χ0n) is 14.6. The number of fused-ring (bicyclic) bond motifs is 1. The van der Waals surface area contributed by atoms with Crippen LogP contribution in [0.25, 0.3) is 10.9 Å². The number of nitrogens with two attached hydrogens (primary N) is 1. The molecule has 0 amide bonds. The standard InChI is InChI=1S/C21H27ClN2/c1-6-21(4)18(22)11-15(13(2)3)19(20(21)23-5)16-12-24-17-10-8-7-9-14(16)17/h6-10,12,15,18-20,24H,1-2,5,11,23H2,3-4H3/t15-,18-,19+,20-,21-/m1/s1. The molecular weight excluding hydrogens is 316 g/mol. The summed E-state index contributed by atoms with van der Waals surface area (Å²) in [5.74, 6) is 0.636. The number of hydrogen-bond acceptors (Lipinski definition) is 0. The zero-order chi connectivity index (χ0) is 17.5. The van der Waals surface area contributed by atoms with Crippen molar-refractivity contribution in [1.29, 1.82) is 0 Å². The number of rotatable bonds is 4. The summed E-state index contributed by atoms with van der Waals surface area (Å²) >= 11 is 6.81. The molecular formula is C21H27ClN2. The molecule has 0 spiro atoms. The monoisotopic (exact) mass is 342 g/mol. The van der Waals surface area contributed by atoms with E-state index in [2.05, 4.69) is 74.8 Å². The molecule has 2 aromatic rings. The molecule has 1 saturated carbocycles. The molecule has 24 heavy (non-hydrogen) atoms. The highest BCUT2D eigenvalue weighted by molar-refractivity contribution is 6.21. The second-order valence-electron chi connectivity index (χ2n) is 7.30. The summed E-state index contributed by atoms with van der Waals surface area (Å²) in [6.45, 7) is 12.7. The molecule has 1 aromatic carbocycles. The summed E-state index contributed by atoms with van der Waals surface area (Å²) in [7, 11) is 4.15. The van der Waals surface area contributed by atoms with E-state index in [4.69, 9.17) is 11.6 Å². The fourth-order valence-corrected chi connectivity index (χ4v) is 4.85. The van der Waals surface area contributed by atoms with Crippen LogP contribution in [0.3, 0.4) is 0 Å². The van der Waals surface area contributed by atoms with Crippen molar-refractivity contribution < 1.29 is 5.32 Å². The number of para-hydroxylation sites is 1. The molecule has 0 radical (unpaired) electrons. The maximum atomic E-state index is 6.81. The van der Waals surface area contributed by atoms with E-state index < -0.39 is 0 Å². The first kappa shape index (κ1) is 17.3. The Morgan fingerprint density at radius 1 is 1.46 bits per heavy atom. The molecule has 2 nitrogen and oxygen atoms in total. The van der Waals surface area contributed by atoms with Crippen LogP contribution in [0.15, 0.2) is 55.3 Å². The van der Waals surface area contributed by atoms with Gasteiger partial charge in [0.2, 0.25) is 0 Å². The lowest BCUT2D eigenvalue weighted by Crippen LogP contribution is -2.90. The van der Waals surface area contributed by atoms with Crippen LogP contribution in [0, 0.1) is 18.4 Å². The summed E-state index contributed by atoms with van der Waals surface area (Å²) in [6.07, 6.45) is 5.08. The Labute approximate surface area is 150 Å². The number of halogens is 1. The number of hydrogen-bond donors (Lipinski definition) is 2. The minimum Gasteiger partial charge on any atom is -0.475 e. The number of allylic oxidation sites excluding steroid dienone is 1. The molecule has 1 fully saturated rings. The lowest BCUT2D eigenvalue weighted by Gasteiger charge is -2.50. The summed E-state index contributed by atoms with van der Waals surface area (Å²) in [6, 6.07) is 8.69. The highest BCUT2D eigenvalue weighted by Gasteiger charge is 2.52. The SMILES string of the molecule is C=C[C@]1(C)[C@H](Cl)C[C@H](C(=C)C)[C@@H](c2c[nH]c3ccccc23)[C@H]1[NH2+][CH2-]. The van der Waals surface area contributed by atoms with Crippen molar-refractivity contribution in [3.05, 3.63) is 67.9 Å². The van der Waals surface area contributed by atoms with Crippen LogP contribution in [0.1, 0.15) is 31.7 Å². The van der Waals surface area contributed by atoms with Gasteiger partial charge in [-0.15, -0.1) is 18.2 Å². The molecule has 5 atom stereocenters. The molecule has 3 rings (SSSR count). The van der Waals surface area contributed by atoms with E-state index in [0.29, 0.717) is 11.8 Å². The zero-order valence-corrected chi connectivity index (χ0v) is 15.3. The van der Waals surface area contributed by atoms with E-state index >= 15 is 0 Å². The first-order valence-corrected chi connectivity index (χ1v) is 8.99. The number of quaternary nitrogens is 1. The van der Waals surface area contributed by atoms with E-state index in [9.17, 15) is 0 Å². The van der Waals surface area contributed by atoms with Crippen molar-refractivity contribution in [3.8, 4) is 0 Å². The first-order valence-electron chi connectivity index (χ1n) is 8.55. The van der Waals surface area contributed by atoms with Crippen molar-refractivity contribution in [2.45, 2.75) is 37.6 Å². The van der Waals surface area contributed by atoms with E-state index in [-0.39, 0.29) is 16.8 Å². The molecule has 0 bridgehead atoms. The Morgan fingerprint density at radius 2 is 2.17 bits per heavy atom. The van der Waals surface area contributed by atoms with Crippen LogP contribution in [0.2, 0.25) is 0 Å². The lowest BCUT2D eigenvalue weighted by atomic mass is 9.59. The Bertz CT molecular complexity index is 762. The number of aromatic nitrogens is 1. The fourth-order valence-electron chi connectivity index (χ4n) is 4.42. The minimum absolute atomic E-state index is 0.0288. The van der Waals surface area contributed by atoms with Gasteiger partial charge >= 0.3 is 0 Å². The molecule has 3 N–H and O–H groups in total. The normalized spacial score (nSPS) is 33.5. The van der Waals surface area contributed by atoms with Crippen molar-refractivity contribution in [3.63, 3.8) is 0 Å². The van der Waals surface area contributed by atoms with Crippen LogP contribution in [0.4, 0.5) is 0 Å². The first-order chi connectivity index (χ1) is 11.4. The molecule has 0 saturated heterocycles. The smallest absolute Gasteiger partial charge is 0.0800 e. The van der Waals surface area contributed by atoms with Crippen molar-refractivity contribution in [1.82, 2.24) is 4.98 Å². The second kappa shape index (κ2) is 6.42. The van der Waals surface area contributed by atoms with Gasteiger partial charge in [-0.2, -0.15) is 7.05 Å². The van der Waals surface area contributed by atoms with Gasteiger partial charge in [0, 0.05) is 28.4 Å². The maximum absolute atomic E-state index is 6.81. The number of nitrogens with one attached hydrogen (secondary N) is 1. The van der Waals surface area contributed by atoms with Gasteiger partial charge in [-0.25, -0.2) is 0 Å². The van der Waals surface area contributed by atoms with E-state index in [1.165, 1.54) is 22.0 Å². The van der Waals surface area contributed by atoms with Gasteiger partial charge in [0.1, 0.15) is 0 Å². The Balaban J connectivity index is 2.19. The van der Waals surface area contributed by atoms with Gasteiger partial charge in [-0.3, -0.25) is 0 Å². The van der Waals surface area contributed by atoms with E-state index in [0.717, 1.165) is 6.42 Å². The van der Waals surface area contributed by atoms with Gasteiger partial charge in [0.15, 0.2) is 0 Å². The molecule has 1 heterocycles. The van der Waals surface area contributed by atoms with Crippen molar-refractivity contribution >= 4 is 22.5 Å². The third-order valence-electron chi connectivity index (χ3n) is 5.98. The average molecular weight is 343 g/mol. The van der Waals surface area contributed by atoms with Crippen LogP contribution in [-0.4, -0.2) is 16.4 Å². The predicted octanol–water partition coefficient (Wildman–Crippen LogP) is 4.37. The number of aromatic amines is 1. The number of benzene rings is 1. The van der Waals surface area contributed by atoms with Crippen LogP contribution < -0.4 is 5.32 Å². The van der Waals surface area contributed by atoms with Gasteiger partial charge in [0.05, 0.1) is 11.5 Å². The van der Waals surface area contributed by atoms with Crippen molar-refractivity contribution in [2.24, 2.45) is 11.3 Å². The third kappa shape index (κ3) is 2.53. The van der Waals surface area contributed by atoms with E-state index in [1.807, 2.05) is 6.08 Å². The fraction of sp³-hybridized carbons (Fsp3) is 0.381. The maximum Gasteiger partial charge on any atom is 0.0800 e. The van der Waals surface area contributed by atoms with Gasteiger partial charge in [-0.1, -0.05) is 36.4 Å². The van der Waals surface area contributed by atoms with Crippen LogP contribution >= 0.6 is 11.6 Å². The topological polar surface area (TPSA) is 32.4 Å². The van der Waals surface area contributed by atoms with Crippen molar-refractivity contribution in [2.75, 3.05) is 0 Å². The largest absolute Gasteiger partial charge is 0.475 e. The summed E-state index contributed by atoms with van der Waals surface area (Å²) in [4.78, 5) is 3.42. The molecule has 1 aromatic heterocycles. The molecule has 0 unspecified atom stereocenters. The molecule has 128 valence electrons. The summed E-state index contributed by atoms with van der Waals surface area (Å²) < 4.78 is 0. The third-order valence-corrected chi connectivity index (χ3v) is 6.63. The Hall–Kier alpha value is -1.51. The molecule has 1 aliphatic rings. The number of alkyl halides is 1. The Morgan fingerprint density at radius 3 is 2.79 bits per heavy atom. The van der Waals surface area contributed by atoms with E-state index in [1.54, 1.807) is 0 Å². The summed E-state index contributed by atoms with van der Waals surface area (Å²) in [5, 5.41) is 3.37. The predicted molar refractivity (Wildman–Crippen MR) is 103 cm³/mol. The molecule has 1 aliphatic carbocycles. The summed E-state index contributed by atoms with van der Waals surface area (Å²) in [5.41, 5.74) is 3.51. The number of H-pyrrole nitrogens is 1. The van der Waals surface area contributed by atoms with Gasteiger partial charge in [-0.05, 0) is 37.8 Å². The van der Waals surface area contributed by atoms with Crippen LogP contribution in [0.5, 0.6) is 0 Å². The quantitative estimate of drug-likeness (QED) is 0.470.